The van der Waals surface area contributed by atoms with Crippen molar-refractivity contribution >= 4 is 16.0 Å². The molecule has 6 heteroatoms. The smallest absolute Gasteiger partial charge is 0.308 e. The molecule has 0 aromatic heterocycles. The van der Waals surface area contributed by atoms with Crippen molar-refractivity contribution in [3.05, 3.63) is 0 Å². The number of sulfonamides is 1. The summed E-state index contributed by atoms with van der Waals surface area (Å²) in [6.07, 6.45) is 3.39. The molecule has 2 atom stereocenters. The maximum Gasteiger partial charge on any atom is 0.308 e. The van der Waals surface area contributed by atoms with Gasteiger partial charge >= 0.3 is 5.97 Å². The third-order valence-electron chi connectivity index (χ3n) is 2.93. The van der Waals surface area contributed by atoms with Crippen molar-refractivity contribution in [2.45, 2.75) is 45.1 Å². The van der Waals surface area contributed by atoms with Crippen molar-refractivity contribution in [1.82, 2.24) is 4.72 Å². The van der Waals surface area contributed by atoms with Crippen molar-refractivity contribution in [2.24, 2.45) is 5.92 Å². The standard InChI is InChI=1S/C10H19NO4S/c1-2-3-7-16(14,15)11-9-6-4-5-8(9)10(12)13/h8-9,11H,2-7H2,1H3,(H,12,13). The SMILES string of the molecule is CCCCS(=O)(=O)NC1CCCC1C(=O)O. The van der Waals surface area contributed by atoms with E-state index in [1.54, 1.807) is 0 Å². The molecule has 0 bridgehead atoms. The lowest BCUT2D eigenvalue weighted by atomic mass is 10.1. The van der Waals surface area contributed by atoms with Crippen LogP contribution in [0.2, 0.25) is 0 Å². The van der Waals surface area contributed by atoms with Crippen molar-refractivity contribution in [1.29, 1.82) is 0 Å². The Morgan fingerprint density at radius 1 is 1.44 bits per heavy atom. The predicted molar refractivity (Wildman–Crippen MR) is 60.6 cm³/mol. The molecule has 16 heavy (non-hydrogen) atoms. The molecule has 0 aromatic rings. The van der Waals surface area contributed by atoms with E-state index in [-0.39, 0.29) is 5.75 Å². The summed E-state index contributed by atoms with van der Waals surface area (Å²) in [5, 5.41) is 8.92. The first-order valence-electron chi connectivity index (χ1n) is 5.69. The lowest BCUT2D eigenvalue weighted by Gasteiger charge is -2.17. The van der Waals surface area contributed by atoms with E-state index in [1.807, 2.05) is 6.92 Å². The average molecular weight is 249 g/mol. The first kappa shape index (κ1) is 13.4. The summed E-state index contributed by atoms with van der Waals surface area (Å²) in [4.78, 5) is 10.9. The molecule has 0 saturated heterocycles. The Balaban J connectivity index is 2.56. The summed E-state index contributed by atoms with van der Waals surface area (Å²) in [7, 11) is -3.31. The van der Waals surface area contributed by atoms with E-state index < -0.39 is 28.0 Å². The minimum absolute atomic E-state index is 0.0896. The van der Waals surface area contributed by atoms with Gasteiger partial charge in [-0.2, -0.15) is 0 Å². The first-order chi connectivity index (χ1) is 7.46. The van der Waals surface area contributed by atoms with E-state index in [0.717, 1.165) is 12.8 Å². The first-order valence-corrected chi connectivity index (χ1v) is 7.34. The monoisotopic (exact) mass is 249 g/mol. The van der Waals surface area contributed by atoms with E-state index in [4.69, 9.17) is 5.11 Å². The summed E-state index contributed by atoms with van der Waals surface area (Å²) in [5.74, 6) is -1.37. The van der Waals surface area contributed by atoms with Crippen LogP contribution in [0.15, 0.2) is 0 Å². The van der Waals surface area contributed by atoms with Crippen LogP contribution in [0.1, 0.15) is 39.0 Å². The second-order valence-electron chi connectivity index (χ2n) is 4.27. The molecular weight excluding hydrogens is 230 g/mol. The highest BCUT2D eigenvalue weighted by atomic mass is 32.2. The fraction of sp³-hybridized carbons (Fsp3) is 0.900. The van der Waals surface area contributed by atoms with Crippen LogP contribution in [0, 0.1) is 5.92 Å². The largest absolute Gasteiger partial charge is 0.481 e. The van der Waals surface area contributed by atoms with Gasteiger partial charge in [-0.05, 0) is 19.3 Å². The molecule has 2 unspecified atom stereocenters. The Morgan fingerprint density at radius 3 is 2.69 bits per heavy atom. The molecule has 1 aliphatic carbocycles. The van der Waals surface area contributed by atoms with E-state index in [9.17, 15) is 13.2 Å². The zero-order valence-electron chi connectivity index (χ0n) is 9.48. The van der Waals surface area contributed by atoms with Gasteiger partial charge < -0.3 is 5.11 Å². The molecule has 1 saturated carbocycles. The highest BCUT2D eigenvalue weighted by Gasteiger charge is 2.35. The van der Waals surface area contributed by atoms with E-state index in [1.165, 1.54) is 0 Å². The van der Waals surface area contributed by atoms with Gasteiger partial charge in [0.2, 0.25) is 10.0 Å². The van der Waals surface area contributed by atoms with Gasteiger partial charge in [0.05, 0.1) is 11.7 Å². The maximum atomic E-state index is 11.6. The topological polar surface area (TPSA) is 83.5 Å². The van der Waals surface area contributed by atoms with Gasteiger partial charge in [0.15, 0.2) is 0 Å². The fourth-order valence-electron chi connectivity index (χ4n) is 2.02. The van der Waals surface area contributed by atoms with Crippen LogP contribution in [-0.4, -0.2) is 31.3 Å². The van der Waals surface area contributed by atoms with Crippen LogP contribution in [-0.2, 0) is 14.8 Å². The minimum Gasteiger partial charge on any atom is -0.481 e. The molecular formula is C10H19NO4S. The molecule has 0 radical (unpaired) electrons. The summed E-state index contributed by atoms with van der Waals surface area (Å²) >= 11 is 0. The number of rotatable bonds is 6. The number of nitrogens with one attached hydrogen (secondary N) is 1. The van der Waals surface area contributed by atoms with E-state index >= 15 is 0 Å². The fourth-order valence-corrected chi connectivity index (χ4v) is 3.55. The summed E-state index contributed by atoms with van der Waals surface area (Å²) in [6.45, 7) is 1.92. The van der Waals surface area contributed by atoms with Crippen LogP contribution in [0.25, 0.3) is 0 Å². The normalized spacial score (nSPS) is 25.8. The predicted octanol–water partition coefficient (Wildman–Crippen LogP) is 0.959. The number of hydrogen-bond acceptors (Lipinski definition) is 3. The number of carbonyl (C=O) groups is 1. The van der Waals surface area contributed by atoms with Crippen molar-refractivity contribution in [3.63, 3.8) is 0 Å². The zero-order valence-corrected chi connectivity index (χ0v) is 10.3. The third-order valence-corrected chi connectivity index (χ3v) is 4.42. The molecule has 1 rings (SSSR count). The molecule has 1 aliphatic rings. The zero-order chi connectivity index (χ0) is 12.2. The Hall–Kier alpha value is -0.620. The molecule has 0 spiro atoms. The van der Waals surface area contributed by atoms with Gasteiger partial charge in [0, 0.05) is 6.04 Å². The average Bonchev–Trinajstić information content (AvgIpc) is 2.62. The Morgan fingerprint density at radius 2 is 2.12 bits per heavy atom. The van der Waals surface area contributed by atoms with Gasteiger partial charge in [-0.1, -0.05) is 19.8 Å². The highest BCUT2D eigenvalue weighted by molar-refractivity contribution is 7.89. The second-order valence-corrected chi connectivity index (χ2v) is 6.15. The molecule has 0 amide bonds. The van der Waals surface area contributed by atoms with Gasteiger partial charge in [0.25, 0.3) is 0 Å². The van der Waals surface area contributed by atoms with Crippen LogP contribution < -0.4 is 4.72 Å². The Labute approximate surface area is 96.3 Å². The number of hydrogen-bond donors (Lipinski definition) is 2. The van der Waals surface area contributed by atoms with Gasteiger partial charge in [-0.3, -0.25) is 4.79 Å². The van der Waals surface area contributed by atoms with E-state index in [2.05, 4.69) is 4.72 Å². The van der Waals surface area contributed by atoms with Crippen LogP contribution >= 0.6 is 0 Å². The number of aliphatic carboxylic acids is 1. The summed E-state index contributed by atoms with van der Waals surface area (Å²) in [5.41, 5.74) is 0. The van der Waals surface area contributed by atoms with Gasteiger partial charge in [-0.15, -0.1) is 0 Å². The van der Waals surface area contributed by atoms with Crippen molar-refractivity contribution in [3.8, 4) is 0 Å². The van der Waals surface area contributed by atoms with E-state index in [0.29, 0.717) is 19.3 Å². The molecule has 0 heterocycles. The van der Waals surface area contributed by atoms with Crippen LogP contribution in [0.4, 0.5) is 0 Å². The molecule has 0 aromatic carbocycles. The van der Waals surface area contributed by atoms with Crippen LogP contribution in [0.5, 0.6) is 0 Å². The lowest BCUT2D eigenvalue weighted by molar-refractivity contribution is -0.141. The third kappa shape index (κ3) is 3.75. The molecule has 2 N–H and O–H groups in total. The molecule has 5 nitrogen and oxygen atoms in total. The van der Waals surface area contributed by atoms with Crippen molar-refractivity contribution in [2.75, 3.05) is 5.75 Å². The Bertz CT molecular complexity index is 339. The lowest BCUT2D eigenvalue weighted by Crippen LogP contribution is -2.41. The summed E-state index contributed by atoms with van der Waals surface area (Å²) in [6, 6.07) is -0.417. The number of unbranched alkanes of at least 4 members (excludes halogenated alkanes) is 1. The highest BCUT2D eigenvalue weighted by Crippen LogP contribution is 2.26. The second kappa shape index (κ2) is 5.63. The number of carboxylic acids is 1. The summed E-state index contributed by atoms with van der Waals surface area (Å²) < 4.78 is 25.7. The minimum atomic E-state index is -3.31. The van der Waals surface area contributed by atoms with Gasteiger partial charge in [0.1, 0.15) is 0 Å². The molecule has 94 valence electrons. The van der Waals surface area contributed by atoms with Crippen LogP contribution in [0.3, 0.4) is 0 Å². The van der Waals surface area contributed by atoms with Crippen molar-refractivity contribution < 1.29 is 18.3 Å². The quantitative estimate of drug-likeness (QED) is 0.734. The van der Waals surface area contributed by atoms with Gasteiger partial charge in [-0.25, -0.2) is 13.1 Å². The maximum absolute atomic E-state index is 11.6. The Kier molecular flexibility index (Phi) is 4.73. The number of carboxylic acid groups (broad SMARTS) is 1. The molecule has 0 aliphatic heterocycles. The molecule has 1 fully saturated rings.